The van der Waals surface area contributed by atoms with Crippen molar-refractivity contribution in [3.05, 3.63) is 93.7 Å². The van der Waals surface area contributed by atoms with Crippen LogP contribution in [0.1, 0.15) is 5.56 Å². The normalized spacial score (nSPS) is 11.3. The third kappa shape index (κ3) is 3.02. The fraction of sp³-hybridized carbons (Fsp3) is 0. The first kappa shape index (κ1) is 17.8. The number of pyridine rings is 1. The molecule has 2 N–H and O–H groups in total. The van der Waals surface area contributed by atoms with Crippen LogP contribution in [-0.2, 0) is 0 Å². The number of rotatable bonds is 3. The predicted octanol–water partition coefficient (Wildman–Crippen LogP) is 4.81. The number of phenolic OH excluding ortho intramolecular Hbond substituents is 1. The lowest BCUT2D eigenvalue weighted by atomic mass is 10.1. The van der Waals surface area contributed by atoms with E-state index in [2.05, 4.69) is 4.99 Å². The van der Waals surface area contributed by atoms with Gasteiger partial charge in [-0.15, -0.1) is 0 Å². The molecule has 0 unspecified atom stereocenters. The van der Waals surface area contributed by atoms with Gasteiger partial charge in [-0.05, 0) is 30.3 Å². The number of nitrogens with zero attached hydrogens (tertiary/aromatic N) is 2. The lowest BCUT2D eigenvalue weighted by molar-refractivity contribution is 0.436. The zero-order chi connectivity index (χ0) is 19.7. The highest BCUT2D eigenvalue weighted by Gasteiger charge is 2.17. The van der Waals surface area contributed by atoms with Crippen molar-refractivity contribution in [1.29, 1.82) is 0 Å². The smallest absolute Gasteiger partial charge is 0.265 e. The molecule has 0 spiro atoms. The number of fused-ring (bicyclic) bond motifs is 1. The van der Waals surface area contributed by atoms with Gasteiger partial charge in [-0.3, -0.25) is 9.79 Å². The molecule has 1 aromatic heterocycles. The third-order valence-electron chi connectivity index (χ3n) is 4.41. The number of halogens is 1. The van der Waals surface area contributed by atoms with Crippen LogP contribution in [0.3, 0.4) is 0 Å². The van der Waals surface area contributed by atoms with Crippen LogP contribution in [0.5, 0.6) is 11.6 Å². The number of aromatic hydroxyl groups is 2. The number of para-hydroxylation sites is 3. The lowest BCUT2D eigenvalue weighted by Gasteiger charge is -2.14. The molecule has 138 valence electrons. The van der Waals surface area contributed by atoms with Crippen molar-refractivity contribution in [2.75, 3.05) is 0 Å². The van der Waals surface area contributed by atoms with Crippen molar-refractivity contribution in [3.63, 3.8) is 0 Å². The van der Waals surface area contributed by atoms with Crippen molar-refractivity contribution < 1.29 is 10.2 Å². The van der Waals surface area contributed by atoms with E-state index in [9.17, 15) is 15.0 Å². The Bertz CT molecular complexity index is 1280. The van der Waals surface area contributed by atoms with Gasteiger partial charge >= 0.3 is 0 Å². The Morgan fingerprint density at radius 3 is 2.25 bits per heavy atom. The minimum absolute atomic E-state index is 0.0157. The fourth-order valence-corrected chi connectivity index (χ4v) is 3.27. The summed E-state index contributed by atoms with van der Waals surface area (Å²) in [5, 5.41) is 22.2. The zero-order valence-corrected chi connectivity index (χ0v) is 15.3. The maximum Gasteiger partial charge on any atom is 0.265 e. The first-order chi connectivity index (χ1) is 13.6. The summed E-state index contributed by atoms with van der Waals surface area (Å²) in [5.74, 6) is -0.266. The molecule has 0 bridgehead atoms. The van der Waals surface area contributed by atoms with Crippen LogP contribution in [-0.4, -0.2) is 21.0 Å². The molecule has 6 heteroatoms. The maximum absolute atomic E-state index is 13.0. The largest absolute Gasteiger partial charge is 0.506 e. The first-order valence-electron chi connectivity index (χ1n) is 8.51. The summed E-state index contributed by atoms with van der Waals surface area (Å²) in [6.45, 7) is 0. The van der Waals surface area contributed by atoms with Gasteiger partial charge < -0.3 is 10.2 Å². The summed E-state index contributed by atoms with van der Waals surface area (Å²) in [5.41, 5.74) is 0.676. The minimum atomic E-state index is -0.388. The molecule has 4 aromatic rings. The minimum Gasteiger partial charge on any atom is -0.506 e. The molecule has 4 rings (SSSR count). The number of aromatic nitrogens is 1. The van der Waals surface area contributed by atoms with Crippen LogP contribution in [0.2, 0.25) is 5.02 Å². The SMILES string of the molecule is O=c1c2ccccc2c(C=Nc2ccccc2O)c(O)n1-c1ccccc1Cl. The molecule has 5 nitrogen and oxygen atoms in total. The number of benzene rings is 3. The van der Waals surface area contributed by atoms with Gasteiger partial charge in [0.1, 0.15) is 11.4 Å². The maximum atomic E-state index is 13.0. The summed E-state index contributed by atoms with van der Waals surface area (Å²) in [6.07, 6.45) is 1.43. The number of hydrogen-bond donors (Lipinski definition) is 2. The van der Waals surface area contributed by atoms with Gasteiger partial charge in [-0.1, -0.05) is 54.1 Å². The zero-order valence-electron chi connectivity index (χ0n) is 14.6. The summed E-state index contributed by atoms with van der Waals surface area (Å²) in [6, 6.07) is 20.3. The van der Waals surface area contributed by atoms with E-state index in [1.165, 1.54) is 12.3 Å². The van der Waals surface area contributed by atoms with Crippen LogP contribution < -0.4 is 5.56 Å². The van der Waals surface area contributed by atoms with Crippen LogP contribution in [0.15, 0.2) is 82.6 Å². The highest BCUT2D eigenvalue weighted by Crippen LogP contribution is 2.30. The highest BCUT2D eigenvalue weighted by atomic mass is 35.5. The summed E-state index contributed by atoms with van der Waals surface area (Å²) < 4.78 is 1.16. The Morgan fingerprint density at radius 1 is 0.857 bits per heavy atom. The molecule has 28 heavy (non-hydrogen) atoms. The van der Waals surface area contributed by atoms with E-state index < -0.39 is 0 Å². The van der Waals surface area contributed by atoms with E-state index in [1.54, 1.807) is 66.7 Å². The van der Waals surface area contributed by atoms with Crippen molar-refractivity contribution >= 4 is 34.3 Å². The standard InChI is InChI=1S/C22H15ClN2O3/c23-17-9-3-5-11-19(17)25-21(27)15-8-2-1-7-14(15)16(22(25)28)13-24-18-10-4-6-12-20(18)26/h1-13,26,28H. The van der Waals surface area contributed by atoms with E-state index in [-0.39, 0.29) is 17.2 Å². The second-order valence-corrected chi connectivity index (χ2v) is 6.53. The van der Waals surface area contributed by atoms with Crippen molar-refractivity contribution in [2.24, 2.45) is 4.99 Å². The van der Waals surface area contributed by atoms with Gasteiger partial charge in [0.25, 0.3) is 5.56 Å². The van der Waals surface area contributed by atoms with E-state index in [0.29, 0.717) is 32.7 Å². The highest BCUT2D eigenvalue weighted by molar-refractivity contribution is 6.32. The Hall–Kier alpha value is -3.57. The molecule has 0 atom stereocenters. The van der Waals surface area contributed by atoms with Gasteiger partial charge in [0.05, 0.1) is 16.3 Å². The molecule has 0 aliphatic rings. The number of phenols is 1. The molecule has 0 saturated carbocycles. The summed E-state index contributed by atoms with van der Waals surface area (Å²) >= 11 is 6.26. The molecular weight excluding hydrogens is 376 g/mol. The average molecular weight is 391 g/mol. The molecule has 0 aliphatic carbocycles. The van der Waals surface area contributed by atoms with Gasteiger partial charge in [0, 0.05) is 17.0 Å². The molecule has 0 aliphatic heterocycles. The average Bonchev–Trinajstić information content (AvgIpc) is 2.70. The van der Waals surface area contributed by atoms with Gasteiger partial charge in [-0.2, -0.15) is 0 Å². The quantitative estimate of drug-likeness (QED) is 0.493. The topological polar surface area (TPSA) is 74.8 Å². The monoisotopic (exact) mass is 390 g/mol. The van der Waals surface area contributed by atoms with Crippen molar-refractivity contribution in [1.82, 2.24) is 4.57 Å². The van der Waals surface area contributed by atoms with Gasteiger partial charge in [0.15, 0.2) is 0 Å². The van der Waals surface area contributed by atoms with Crippen LogP contribution in [0.25, 0.3) is 16.5 Å². The second-order valence-electron chi connectivity index (χ2n) is 6.12. The Morgan fingerprint density at radius 2 is 1.50 bits per heavy atom. The molecule has 1 heterocycles. The van der Waals surface area contributed by atoms with Crippen molar-refractivity contribution in [2.45, 2.75) is 0 Å². The summed E-state index contributed by atoms with van der Waals surface area (Å²) in [7, 11) is 0. The molecule has 0 fully saturated rings. The molecular formula is C22H15ClN2O3. The molecule has 0 radical (unpaired) electrons. The Labute approximate surface area is 165 Å². The fourth-order valence-electron chi connectivity index (χ4n) is 3.05. The van der Waals surface area contributed by atoms with E-state index >= 15 is 0 Å². The lowest BCUT2D eigenvalue weighted by Crippen LogP contribution is -2.20. The van der Waals surface area contributed by atoms with Crippen LogP contribution in [0.4, 0.5) is 5.69 Å². The van der Waals surface area contributed by atoms with E-state index in [4.69, 9.17) is 11.6 Å². The third-order valence-corrected chi connectivity index (χ3v) is 4.73. The van der Waals surface area contributed by atoms with E-state index in [1.807, 2.05) is 0 Å². The number of aliphatic imine (C=N–C) groups is 1. The van der Waals surface area contributed by atoms with E-state index in [0.717, 1.165) is 4.57 Å². The molecule has 3 aromatic carbocycles. The van der Waals surface area contributed by atoms with Gasteiger partial charge in [0.2, 0.25) is 5.88 Å². The Balaban J connectivity index is 2.02. The summed E-state index contributed by atoms with van der Waals surface area (Å²) in [4.78, 5) is 17.3. The van der Waals surface area contributed by atoms with Crippen molar-refractivity contribution in [3.8, 4) is 17.3 Å². The Kier molecular flexibility index (Phi) is 4.59. The second kappa shape index (κ2) is 7.21. The first-order valence-corrected chi connectivity index (χ1v) is 8.89. The molecule has 0 amide bonds. The predicted molar refractivity (Wildman–Crippen MR) is 112 cm³/mol. The van der Waals surface area contributed by atoms with Crippen LogP contribution in [0, 0.1) is 0 Å². The number of hydrogen-bond acceptors (Lipinski definition) is 4. The molecule has 0 saturated heterocycles. The van der Waals surface area contributed by atoms with Crippen LogP contribution >= 0.6 is 11.6 Å². The van der Waals surface area contributed by atoms with Gasteiger partial charge in [-0.25, -0.2) is 4.57 Å².